The summed E-state index contributed by atoms with van der Waals surface area (Å²) in [7, 11) is 0. The zero-order valence-electron chi connectivity index (χ0n) is 17.3. The summed E-state index contributed by atoms with van der Waals surface area (Å²) >= 11 is 0. The molecule has 5 rings (SSSR count). The van der Waals surface area contributed by atoms with E-state index in [1.54, 1.807) is 12.1 Å². The van der Waals surface area contributed by atoms with Crippen LogP contribution in [0, 0.1) is 0 Å². The predicted octanol–water partition coefficient (Wildman–Crippen LogP) is 7.96. The number of oxazole rings is 2. The lowest BCUT2D eigenvalue weighted by molar-refractivity contribution is -0.138. The molecule has 0 amide bonds. The molecule has 178 valence electrons. The second-order valence-electron chi connectivity index (χ2n) is 7.37. The number of alkyl halides is 6. The highest BCUT2D eigenvalue weighted by atomic mass is 19.4. The van der Waals surface area contributed by atoms with Crippen LogP contribution in [-0.4, -0.2) is 9.97 Å². The average molecular weight is 490 g/mol. The maximum absolute atomic E-state index is 12.9. The molecule has 0 fully saturated rings. The third-order valence-corrected chi connectivity index (χ3v) is 5.16. The van der Waals surface area contributed by atoms with Crippen molar-refractivity contribution in [3.8, 4) is 45.6 Å². The van der Waals surface area contributed by atoms with Crippen LogP contribution in [0.2, 0.25) is 0 Å². The number of rotatable bonds is 4. The van der Waals surface area contributed by atoms with E-state index < -0.39 is 23.5 Å². The first-order valence-corrected chi connectivity index (χ1v) is 9.94. The van der Waals surface area contributed by atoms with Crippen molar-refractivity contribution in [1.29, 1.82) is 0 Å². The lowest BCUT2D eigenvalue weighted by Gasteiger charge is -2.07. The van der Waals surface area contributed by atoms with Crippen molar-refractivity contribution in [2.24, 2.45) is 0 Å². The fourth-order valence-corrected chi connectivity index (χ4v) is 3.47. The first-order chi connectivity index (χ1) is 16.6. The molecule has 3 aromatic heterocycles. The normalized spacial score (nSPS) is 12.3. The molecule has 0 bridgehead atoms. The van der Waals surface area contributed by atoms with Crippen LogP contribution in [0.4, 0.5) is 26.3 Å². The molecule has 0 N–H and O–H groups in total. The van der Waals surface area contributed by atoms with Gasteiger partial charge in [-0.15, -0.1) is 0 Å². The van der Waals surface area contributed by atoms with Gasteiger partial charge in [-0.3, -0.25) is 0 Å². The number of halogens is 6. The zero-order chi connectivity index (χ0) is 24.8. The van der Waals surface area contributed by atoms with Gasteiger partial charge in [0.15, 0.2) is 35.8 Å². The smallest absolute Gasteiger partial charge is 0.416 e. The number of aromatic nitrogens is 2. The summed E-state index contributed by atoms with van der Waals surface area (Å²) in [5.41, 5.74) is -0.310. The number of hydrogen-bond donors (Lipinski definition) is 0. The van der Waals surface area contributed by atoms with E-state index in [0.29, 0.717) is 11.1 Å². The SMILES string of the molecule is FC(F)(F)c1ccc(-c2ncoc2-c2ccc(-c3ocnc3-c3ccc(C(F)(F)F)cc3)o2)cc1. The fraction of sp³-hybridized carbons (Fsp3) is 0.0833. The number of benzene rings is 2. The van der Waals surface area contributed by atoms with E-state index >= 15 is 0 Å². The Bertz CT molecular complexity index is 1350. The zero-order valence-corrected chi connectivity index (χ0v) is 17.3. The molecule has 3 heterocycles. The second kappa shape index (κ2) is 8.19. The Hall–Kier alpha value is -4.28. The molecule has 11 heteroatoms. The monoisotopic (exact) mass is 490 g/mol. The minimum atomic E-state index is -4.47. The molecule has 0 unspecified atom stereocenters. The van der Waals surface area contributed by atoms with Crippen molar-refractivity contribution < 1.29 is 39.6 Å². The number of furan rings is 1. The molecule has 0 aliphatic heterocycles. The standard InChI is InChI=1S/C24H12F6N2O3/c25-23(26,27)15-5-1-13(2-6-15)19-21(33-11-31-19)17-9-10-18(35-17)22-20(32-12-34-22)14-3-7-16(8-4-14)24(28,29)30/h1-12H. The highest BCUT2D eigenvalue weighted by Gasteiger charge is 2.31. The third kappa shape index (κ3) is 4.32. The Kier molecular flexibility index (Phi) is 5.27. The third-order valence-electron chi connectivity index (χ3n) is 5.16. The summed E-state index contributed by atoms with van der Waals surface area (Å²) in [4.78, 5) is 8.17. The van der Waals surface area contributed by atoms with Crippen LogP contribution in [0.5, 0.6) is 0 Å². The first-order valence-electron chi connectivity index (χ1n) is 9.94. The molecule has 0 saturated heterocycles. The maximum Gasteiger partial charge on any atom is 0.416 e. The van der Waals surface area contributed by atoms with Gasteiger partial charge in [-0.05, 0) is 36.4 Å². The van der Waals surface area contributed by atoms with Gasteiger partial charge in [0.25, 0.3) is 0 Å². The van der Waals surface area contributed by atoms with E-state index in [1.807, 2.05) is 0 Å². The Morgan fingerprint density at radius 1 is 0.514 bits per heavy atom. The van der Waals surface area contributed by atoms with Crippen molar-refractivity contribution in [3.05, 3.63) is 84.6 Å². The van der Waals surface area contributed by atoms with E-state index in [2.05, 4.69) is 9.97 Å². The van der Waals surface area contributed by atoms with Crippen LogP contribution in [0.1, 0.15) is 11.1 Å². The van der Waals surface area contributed by atoms with Crippen molar-refractivity contribution in [2.45, 2.75) is 12.4 Å². The predicted molar refractivity (Wildman–Crippen MR) is 111 cm³/mol. The molecule has 5 aromatic rings. The summed E-state index contributed by atoms with van der Waals surface area (Å²) in [6.45, 7) is 0. The molecule has 0 radical (unpaired) electrons. The van der Waals surface area contributed by atoms with Crippen LogP contribution in [0.3, 0.4) is 0 Å². The second-order valence-corrected chi connectivity index (χ2v) is 7.37. The van der Waals surface area contributed by atoms with Crippen molar-refractivity contribution in [2.75, 3.05) is 0 Å². The topological polar surface area (TPSA) is 65.2 Å². The van der Waals surface area contributed by atoms with Gasteiger partial charge in [0.2, 0.25) is 0 Å². The van der Waals surface area contributed by atoms with E-state index in [9.17, 15) is 26.3 Å². The Morgan fingerprint density at radius 2 is 0.886 bits per heavy atom. The van der Waals surface area contributed by atoms with Gasteiger partial charge >= 0.3 is 12.4 Å². The lowest BCUT2D eigenvalue weighted by Crippen LogP contribution is -2.04. The van der Waals surface area contributed by atoms with Gasteiger partial charge in [-0.2, -0.15) is 26.3 Å². The van der Waals surface area contributed by atoms with Crippen molar-refractivity contribution in [1.82, 2.24) is 9.97 Å². The fourth-order valence-electron chi connectivity index (χ4n) is 3.47. The van der Waals surface area contributed by atoms with Crippen LogP contribution in [0.15, 0.2) is 86.7 Å². The van der Waals surface area contributed by atoms with Gasteiger partial charge in [0.05, 0.1) is 11.1 Å². The quantitative estimate of drug-likeness (QED) is 0.239. The molecule has 0 aliphatic rings. The summed E-state index contributed by atoms with van der Waals surface area (Å²) < 4.78 is 93.8. The van der Waals surface area contributed by atoms with E-state index in [1.165, 1.54) is 24.3 Å². The summed E-state index contributed by atoms with van der Waals surface area (Å²) in [5, 5.41) is 0. The molecular weight excluding hydrogens is 478 g/mol. The van der Waals surface area contributed by atoms with Gasteiger partial charge in [0, 0.05) is 11.1 Å². The lowest BCUT2D eigenvalue weighted by atomic mass is 10.1. The van der Waals surface area contributed by atoms with Gasteiger partial charge in [0.1, 0.15) is 11.4 Å². The molecule has 0 atom stereocenters. The van der Waals surface area contributed by atoms with Gasteiger partial charge < -0.3 is 13.3 Å². The summed E-state index contributed by atoms with van der Waals surface area (Å²) in [6.07, 6.45) is -6.68. The Labute approximate surface area is 192 Å². The summed E-state index contributed by atoms with van der Waals surface area (Å²) in [5.74, 6) is 0.766. The van der Waals surface area contributed by atoms with Crippen LogP contribution >= 0.6 is 0 Å². The molecule has 0 aliphatic carbocycles. The first kappa shape index (κ1) is 22.5. The molecule has 5 nitrogen and oxygen atoms in total. The van der Waals surface area contributed by atoms with E-state index in [-0.39, 0.29) is 34.4 Å². The van der Waals surface area contributed by atoms with E-state index in [4.69, 9.17) is 13.3 Å². The highest BCUT2D eigenvalue weighted by molar-refractivity contribution is 5.78. The molecule has 35 heavy (non-hydrogen) atoms. The summed E-state index contributed by atoms with van der Waals surface area (Å²) in [6, 6.07) is 11.9. The number of hydrogen-bond acceptors (Lipinski definition) is 5. The maximum atomic E-state index is 12.9. The average Bonchev–Trinajstić information content (AvgIpc) is 3.58. The van der Waals surface area contributed by atoms with Gasteiger partial charge in [-0.25, -0.2) is 9.97 Å². The van der Waals surface area contributed by atoms with E-state index in [0.717, 1.165) is 37.1 Å². The Morgan fingerprint density at radius 3 is 1.23 bits per heavy atom. The highest BCUT2D eigenvalue weighted by Crippen LogP contribution is 2.39. The Balaban J connectivity index is 1.46. The van der Waals surface area contributed by atoms with Gasteiger partial charge in [-0.1, -0.05) is 24.3 Å². The number of nitrogens with zero attached hydrogens (tertiary/aromatic N) is 2. The molecule has 0 spiro atoms. The van der Waals surface area contributed by atoms with Crippen LogP contribution in [-0.2, 0) is 12.4 Å². The minimum absolute atomic E-state index is 0.173. The van der Waals surface area contributed by atoms with Crippen LogP contribution in [0.25, 0.3) is 45.6 Å². The molecular formula is C24H12F6N2O3. The van der Waals surface area contributed by atoms with Crippen molar-refractivity contribution in [3.63, 3.8) is 0 Å². The minimum Gasteiger partial charge on any atom is -0.449 e. The molecule has 2 aromatic carbocycles. The van der Waals surface area contributed by atoms with Crippen LogP contribution < -0.4 is 0 Å². The van der Waals surface area contributed by atoms with Crippen molar-refractivity contribution >= 4 is 0 Å². The largest absolute Gasteiger partial charge is 0.449 e. The molecule has 0 saturated carbocycles.